The first-order chi connectivity index (χ1) is 21.3. The van der Waals surface area contributed by atoms with E-state index in [1.54, 1.807) is 24.8 Å². The average Bonchev–Trinajstić information content (AvgIpc) is 3.55. The minimum atomic E-state index is -0.907. The molecule has 0 bridgehead atoms. The third-order valence-electron chi connectivity index (χ3n) is 9.36. The summed E-state index contributed by atoms with van der Waals surface area (Å²) >= 11 is 6.09. The molecule has 2 amide bonds. The van der Waals surface area contributed by atoms with Gasteiger partial charge in [-0.1, -0.05) is 43.0 Å². The van der Waals surface area contributed by atoms with Crippen molar-refractivity contribution in [2.75, 3.05) is 13.1 Å². The molecular formula is C33H35ClFN5O4. The average molecular weight is 620 g/mol. The molecular weight excluding hydrogens is 585 g/mol. The number of nitrogens with one attached hydrogen (secondary N) is 1. The molecule has 9 nitrogen and oxygen atoms in total. The van der Waals surface area contributed by atoms with Crippen LogP contribution in [-0.4, -0.2) is 50.6 Å². The maximum absolute atomic E-state index is 14.1. The lowest BCUT2D eigenvalue weighted by Crippen LogP contribution is -2.54. The minimum absolute atomic E-state index is 0.0216. The maximum Gasteiger partial charge on any atom is 0.287 e. The molecule has 2 aromatic heterocycles. The lowest BCUT2D eigenvalue weighted by molar-refractivity contribution is -0.136. The van der Waals surface area contributed by atoms with E-state index in [2.05, 4.69) is 15.4 Å². The largest absolute Gasteiger partial charge is 0.451 e. The van der Waals surface area contributed by atoms with Crippen LogP contribution < -0.4 is 10.7 Å². The van der Waals surface area contributed by atoms with Crippen LogP contribution in [0, 0.1) is 17.2 Å². The van der Waals surface area contributed by atoms with E-state index in [0.717, 1.165) is 43.1 Å². The zero-order chi connectivity index (χ0) is 30.7. The van der Waals surface area contributed by atoms with Crippen LogP contribution in [0.4, 0.5) is 4.39 Å². The lowest BCUT2D eigenvalue weighted by Gasteiger charge is -2.48. The molecule has 11 heteroatoms. The molecule has 1 N–H and O–H groups in total. The summed E-state index contributed by atoms with van der Waals surface area (Å²) in [6.45, 7) is 1.90. The van der Waals surface area contributed by atoms with Crippen LogP contribution in [0.15, 0.2) is 70.4 Å². The fourth-order valence-corrected chi connectivity index (χ4v) is 7.09. The third kappa shape index (κ3) is 6.55. The molecule has 0 radical (unpaired) electrons. The molecule has 230 valence electrons. The molecule has 2 fully saturated rings. The summed E-state index contributed by atoms with van der Waals surface area (Å²) < 4.78 is 21.3. The Labute approximate surface area is 259 Å². The lowest BCUT2D eigenvalue weighted by atomic mass is 9.63. The number of hydrogen-bond acceptors (Lipinski definition) is 6. The summed E-state index contributed by atoms with van der Waals surface area (Å²) in [5, 5.41) is 7.82. The van der Waals surface area contributed by atoms with Gasteiger partial charge in [-0.15, -0.1) is 0 Å². The summed E-state index contributed by atoms with van der Waals surface area (Å²) in [5.41, 5.74) is 0.391. The molecule has 0 unspecified atom stereocenters. The second-order valence-corrected chi connectivity index (χ2v) is 12.5. The number of benzene rings is 2. The molecule has 1 saturated carbocycles. The van der Waals surface area contributed by atoms with Crippen molar-refractivity contribution in [2.45, 2.75) is 64.0 Å². The number of likely N-dealkylation sites (tertiary alicyclic amines) is 1. The molecule has 6 rings (SSSR count). The predicted octanol–water partition coefficient (Wildman–Crippen LogP) is 5.41. The van der Waals surface area contributed by atoms with Gasteiger partial charge in [-0.05, 0) is 72.9 Å². The smallest absolute Gasteiger partial charge is 0.287 e. The molecule has 1 aliphatic carbocycles. The number of piperidine rings is 1. The van der Waals surface area contributed by atoms with Crippen molar-refractivity contribution >= 4 is 34.4 Å². The zero-order valence-corrected chi connectivity index (χ0v) is 25.1. The summed E-state index contributed by atoms with van der Waals surface area (Å²) in [6.07, 6.45) is 11.3. The number of rotatable bonds is 8. The van der Waals surface area contributed by atoms with Crippen LogP contribution in [0.1, 0.15) is 61.1 Å². The normalized spacial score (nSPS) is 17.8. The van der Waals surface area contributed by atoms with E-state index >= 15 is 0 Å². The molecule has 3 heterocycles. The van der Waals surface area contributed by atoms with E-state index in [1.807, 2.05) is 21.7 Å². The van der Waals surface area contributed by atoms with Crippen LogP contribution in [0.3, 0.4) is 0 Å². The second-order valence-electron chi connectivity index (χ2n) is 12.1. The Bertz CT molecular complexity index is 1680. The minimum Gasteiger partial charge on any atom is -0.451 e. The Balaban J connectivity index is 1.22. The molecule has 4 aromatic rings. The van der Waals surface area contributed by atoms with Crippen molar-refractivity contribution in [3.63, 3.8) is 0 Å². The van der Waals surface area contributed by atoms with E-state index < -0.39 is 23.2 Å². The third-order valence-corrected chi connectivity index (χ3v) is 9.61. The van der Waals surface area contributed by atoms with E-state index in [-0.39, 0.29) is 34.5 Å². The number of carbonyl (C=O) groups is 2. The van der Waals surface area contributed by atoms with E-state index in [1.165, 1.54) is 38.2 Å². The Hall–Kier alpha value is -4.05. The highest BCUT2D eigenvalue weighted by molar-refractivity contribution is 6.30. The fraction of sp³-hybridized carbons (Fsp3) is 0.424. The summed E-state index contributed by atoms with van der Waals surface area (Å²) in [5.74, 6) is -1.15. The molecule has 0 spiro atoms. The number of carbonyl (C=O) groups excluding carboxylic acids is 2. The van der Waals surface area contributed by atoms with Crippen molar-refractivity contribution < 1.29 is 18.4 Å². The molecule has 1 atom stereocenters. The van der Waals surface area contributed by atoms with Crippen LogP contribution in [0.5, 0.6) is 0 Å². The van der Waals surface area contributed by atoms with E-state index in [4.69, 9.17) is 16.0 Å². The number of amides is 2. The van der Waals surface area contributed by atoms with Crippen molar-refractivity contribution in [1.82, 2.24) is 25.0 Å². The zero-order valence-electron chi connectivity index (χ0n) is 24.4. The maximum atomic E-state index is 14.1. The van der Waals surface area contributed by atoms with Crippen LogP contribution >= 0.6 is 11.6 Å². The Morgan fingerprint density at radius 3 is 2.52 bits per heavy atom. The number of halogens is 2. The summed E-state index contributed by atoms with van der Waals surface area (Å²) in [4.78, 5) is 46.1. The quantitative estimate of drug-likeness (QED) is 0.283. The monoisotopic (exact) mass is 619 g/mol. The van der Waals surface area contributed by atoms with E-state index in [0.29, 0.717) is 24.0 Å². The van der Waals surface area contributed by atoms with E-state index in [9.17, 15) is 18.8 Å². The standard InChI is InChI=1S/C33H35ClFN5O4/c34-24-8-6-22(7-9-24)16-27(38-31(42)30-18-28(41)26-17-25(35)10-11-29(26)44-30)32(43)39-14-12-33(13-15-39,19-40-21-36-20-37-40)23-4-2-1-3-5-23/h6-11,17-18,20-21,23,27H,1-5,12-16,19H2,(H,38,42)/t27-/m1/s1. The predicted molar refractivity (Wildman–Crippen MR) is 164 cm³/mol. The van der Waals surface area contributed by atoms with Gasteiger partial charge in [0.25, 0.3) is 5.91 Å². The fourth-order valence-electron chi connectivity index (χ4n) is 6.97. The highest BCUT2D eigenvalue weighted by atomic mass is 35.5. The van der Waals surface area contributed by atoms with Crippen molar-refractivity contribution in [2.24, 2.45) is 11.3 Å². The van der Waals surface area contributed by atoms with Crippen LogP contribution in [-0.2, 0) is 17.8 Å². The van der Waals surface area contributed by atoms with Gasteiger partial charge < -0.3 is 14.6 Å². The van der Waals surface area contributed by atoms with Gasteiger partial charge in [0.05, 0.1) is 5.39 Å². The highest BCUT2D eigenvalue weighted by Crippen LogP contribution is 2.47. The Morgan fingerprint density at radius 2 is 1.82 bits per heavy atom. The molecule has 2 aromatic carbocycles. The highest BCUT2D eigenvalue weighted by Gasteiger charge is 2.44. The van der Waals surface area contributed by atoms with Gasteiger partial charge >= 0.3 is 0 Å². The van der Waals surface area contributed by atoms with Crippen molar-refractivity contribution in [3.05, 3.63) is 93.6 Å². The van der Waals surface area contributed by atoms with Gasteiger partial charge in [0, 0.05) is 37.1 Å². The summed E-state index contributed by atoms with van der Waals surface area (Å²) in [6, 6.07) is 10.8. The molecule has 1 saturated heterocycles. The molecule has 44 heavy (non-hydrogen) atoms. The van der Waals surface area contributed by atoms with Gasteiger partial charge in [-0.3, -0.25) is 19.1 Å². The van der Waals surface area contributed by atoms with Crippen LogP contribution in [0.2, 0.25) is 5.02 Å². The first kappa shape index (κ1) is 30.0. The van der Waals surface area contributed by atoms with Crippen LogP contribution in [0.25, 0.3) is 11.0 Å². The Morgan fingerprint density at radius 1 is 1.07 bits per heavy atom. The Kier molecular flexibility index (Phi) is 8.79. The first-order valence-corrected chi connectivity index (χ1v) is 15.6. The first-order valence-electron chi connectivity index (χ1n) is 15.2. The summed E-state index contributed by atoms with van der Waals surface area (Å²) in [7, 11) is 0. The van der Waals surface area contributed by atoms with Gasteiger partial charge in [0.2, 0.25) is 5.91 Å². The molecule has 1 aliphatic heterocycles. The van der Waals surface area contributed by atoms with Gasteiger partial charge in [-0.25, -0.2) is 9.37 Å². The second kappa shape index (κ2) is 12.9. The number of fused-ring (bicyclic) bond motifs is 1. The van der Waals surface area contributed by atoms with Gasteiger partial charge in [-0.2, -0.15) is 5.10 Å². The van der Waals surface area contributed by atoms with Gasteiger partial charge in [0.1, 0.15) is 30.1 Å². The van der Waals surface area contributed by atoms with Gasteiger partial charge in [0.15, 0.2) is 11.2 Å². The molecule has 2 aliphatic rings. The number of nitrogens with zero attached hydrogens (tertiary/aromatic N) is 4. The van der Waals surface area contributed by atoms with Crippen molar-refractivity contribution in [1.29, 1.82) is 0 Å². The van der Waals surface area contributed by atoms with Crippen molar-refractivity contribution in [3.8, 4) is 0 Å². The SMILES string of the molecule is O=C(N[C@H](Cc1ccc(Cl)cc1)C(=O)N1CCC(Cn2cncn2)(C2CCCCC2)CC1)c1cc(=O)c2cc(F)ccc2o1. The number of aromatic nitrogens is 3. The topological polar surface area (TPSA) is 110 Å². The number of hydrogen-bond donors (Lipinski definition) is 1.